The Bertz CT molecular complexity index is 805. The van der Waals surface area contributed by atoms with E-state index in [1.165, 1.54) is 0 Å². The molecule has 1 unspecified atom stereocenters. The number of hydrogen-bond acceptors (Lipinski definition) is 4. The second-order valence-corrected chi connectivity index (χ2v) is 5.77. The molecule has 0 aliphatic carbocycles. The molecule has 0 fully saturated rings. The van der Waals surface area contributed by atoms with Gasteiger partial charge in [0.1, 0.15) is 12.7 Å². The molecule has 4 heteroatoms. The molecule has 0 radical (unpaired) electrons. The van der Waals surface area contributed by atoms with Crippen molar-refractivity contribution in [3.8, 4) is 0 Å². The Morgan fingerprint density at radius 2 is 1.44 bits per heavy atom. The number of esters is 1. The fraction of sp³-hybridized carbons (Fsp3) is 0.609. The molecule has 0 aliphatic rings. The van der Waals surface area contributed by atoms with Gasteiger partial charge in [0.2, 0.25) is 0 Å². The van der Waals surface area contributed by atoms with Crippen LogP contribution in [0.15, 0.2) is 48.4 Å². The van der Waals surface area contributed by atoms with E-state index in [9.17, 15) is 4.79 Å². The number of hydrogen-bond donors (Lipinski definition) is 2. The van der Waals surface area contributed by atoms with Crippen LogP contribution in [0.4, 0.5) is 0 Å². The maximum Gasteiger partial charge on any atom is 0.305 e. The van der Waals surface area contributed by atoms with Gasteiger partial charge in [0.15, 0.2) is 0 Å². The molecule has 0 saturated heterocycles. The van der Waals surface area contributed by atoms with Gasteiger partial charge < -0.3 is 14.9 Å². The summed E-state index contributed by atoms with van der Waals surface area (Å²) >= 11 is 0. The van der Waals surface area contributed by atoms with E-state index < -0.39 is 18.7 Å². The summed E-state index contributed by atoms with van der Waals surface area (Å²) in [5, 5.41) is 17.8. The van der Waals surface area contributed by atoms with Gasteiger partial charge >= 0.3 is 5.97 Å². The van der Waals surface area contributed by atoms with Crippen LogP contribution in [-0.2, 0) is 9.53 Å². The monoisotopic (exact) mass is 386 g/mol. The smallest absolute Gasteiger partial charge is 0.305 e. The third kappa shape index (κ3) is 20.5. The molecule has 0 saturated carbocycles. The van der Waals surface area contributed by atoms with E-state index in [1.807, 2.05) is 6.92 Å². The Hall–Kier alpha value is -1.65. The average Bonchev–Trinajstić information content (AvgIpc) is 2.81. The highest BCUT2D eigenvalue weighted by molar-refractivity contribution is 5.69. The lowest BCUT2D eigenvalue weighted by Gasteiger charge is -2.07. The summed E-state index contributed by atoms with van der Waals surface area (Å²) in [5.41, 5.74) is 0. The lowest BCUT2D eigenvalue weighted by Crippen LogP contribution is -2.21. The molecule has 154 valence electrons. The standard InChI is InChI=1S/C23H38O4/c1-2-3-4-5-6-7-8-9-10-11-12-13-14-15-16-17-18-19-23(26)27-21-22(25)20-24/h6-7,9-10,12-13,15-16,22,24-25H,2-5,8,11,14,17-21H2,1H3/b7-6+,10-9-,13-12-,16-15-/i6D,7D,9D,10D,12D,13D,15D,16D. The van der Waals surface area contributed by atoms with Crippen molar-refractivity contribution >= 4 is 5.97 Å². The van der Waals surface area contributed by atoms with E-state index in [0.29, 0.717) is 6.42 Å². The van der Waals surface area contributed by atoms with Crippen molar-refractivity contribution in [3.05, 3.63) is 48.4 Å². The Morgan fingerprint density at radius 1 is 0.926 bits per heavy atom. The van der Waals surface area contributed by atoms with E-state index in [1.54, 1.807) is 0 Å². The number of aliphatic hydroxyl groups is 2. The third-order valence-electron chi connectivity index (χ3n) is 3.27. The van der Waals surface area contributed by atoms with Crippen molar-refractivity contribution < 1.29 is 30.7 Å². The summed E-state index contributed by atoms with van der Waals surface area (Å²) in [6.45, 7) is 1.19. The number of rotatable bonds is 17. The first-order chi connectivity index (χ1) is 16.4. The van der Waals surface area contributed by atoms with Crippen molar-refractivity contribution in [2.75, 3.05) is 13.2 Å². The van der Waals surface area contributed by atoms with E-state index in [0.717, 1.165) is 19.3 Å². The topological polar surface area (TPSA) is 66.8 Å². The summed E-state index contributed by atoms with van der Waals surface area (Å²) in [5.74, 6) is -0.600. The number of ether oxygens (including phenoxy) is 1. The van der Waals surface area contributed by atoms with Crippen molar-refractivity contribution in [1.29, 1.82) is 0 Å². The molecule has 0 aromatic heterocycles. The molecule has 0 spiro atoms. The molecule has 0 bridgehead atoms. The van der Waals surface area contributed by atoms with Crippen LogP contribution >= 0.6 is 0 Å². The molecule has 0 aliphatic heterocycles. The third-order valence-corrected chi connectivity index (χ3v) is 3.27. The molecule has 4 nitrogen and oxygen atoms in total. The van der Waals surface area contributed by atoms with Gasteiger partial charge in [-0.05, 0) is 44.9 Å². The van der Waals surface area contributed by atoms with Crippen molar-refractivity contribution in [2.24, 2.45) is 0 Å². The fourth-order valence-corrected chi connectivity index (χ4v) is 1.78. The highest BCUT2D eigenvalue weighted by Gasteiger charge is 2.06. The SMILES string of the molecule is [2H]/C(CCCC(=O)OCC(O)CO)=C(\[2H])C/C([2H])=C(/[2H])C/C([2H])=C(/[2H])C/C([2H])=C(\[2H])CCCCC. The van der Waals surface area contributed by atoms with Gasteiger partial charge in [-0.3, -0.25) is 4.79 Å². The molecule has 1 atom stereocenters. The predicted octanol–water partition coefficient (Wildman–Crippen LogP) is 5.03. The van der Waals surface area contributed by atoms with E-state index in [4.69, 9.17) is 25.9 Å². The maximum absolute atomic E-state index is 11.5. The maximum atomic E-state index is 11.5. The summed E-state index contributed by atoms with van der Waals surface area (Å²) in [6.07, 6.45) is 1.57. The van der Waals surface area contributed by atoms with E-state index in [2.05, 4.69) is 0 Å². The molecule has 0 rings (SSSR count). The number of aliphatic hydroxyl groups excluding tert-OH is 2. The minimum absolute atomic E-state index is 0.0267. The van der Waals surface area contributed by atoms with Gasteiger partial charge in [0.05, 0.1) is 17.6 Å². The van der Waals surface area contributed by atoms with Gasteiger partial charge in [-0.2, -0.15) is 0 Å². The normalized spacial score (nSPS) is 20.6. The Kier molecular flexibility index (Phi) is 11.0. The van der Waals surface area contributed by atoms with Gasteiger partial charge in [0.25, 0.3) is 0 Å². The van der Waals surface area contributed by atoms with Crippen molar-refractivity contribution in [2.45, 2.75) is 77.2 Å². The van der Waals surface area contributed by atoms with Crippen molar-refractivity contribution in [3.63, 3.8) is 0 Å². The van der Waals surface area contributed by atoms with Crippen molar-refractivity contribution in [1.82, 2.24) is 0 Å². The zero-order valence-electron chi connectivity index (χ0n) is 24.3. The predicted molar refractivity (Wildman–Crippen MR) is 112 cm³/mol. The van der Waals surface area contributed by atoms with Crippen LogP contribution in [0.3, 0.4) is 0 Å². The molecular formula is C23H38O4. The van der Waals surface area contributed by atoms with Gasteiger partial charge in [0, 0.05) is 6.42 Å². The van der Waals surface area contributed by atoms with Crippen LogP contribution in [0, 0.1) is 0 Å². The molecule has 0 aromatic rings. The molecule has 0 aromatic carbocycles. The van der Waals surface area contributed by atoms with Crippen LogP contribution in [0.2, 0.25) is 0 Å². The van der Waals surface area contributed by atoms with Gasteiger partial charge in [-0.25, -0.2) is 0 Å². The zero-order chi connectivity index (χ0) is 27.0. The molecule has 0 heterocycles. The second kappa shape index (κ2) is 20.7. The largest absolute Gasteiger partial charge is 0.463 e. The number of allylic oxidation sites excluding steroid dienone is 8. The minimum Gasteiger partial charge on any atom is -0.463 e. The van der Waals surface area contributed by atoms with Gasteiger partial charge in [-0.15, -0.1) is 0 Å². The number of carbonyl (C=O) groups excluding carboxylic acids is 1. The van der Waals surface area contributed by atoms with Gasteiger partial charge in [-0.1, -0.05) is 68.2 Å². The molecular weight excluding hydrogens is 340 g/mol. The van der Waals surface area contributed by atoms with E-state index in [-0.39, 0.29) is 93.5 Å². The first kappa shape index (κ1) is 14.4. The lowest BCUT2D eigenvalue weighted by molar-refractivity contribution is -0.147. The van der Waals surface area contributed by atoms with Crippen LogP contribution in [0.5, 0.6) is 0 Å². The fourth-order valence-electron chi connectivity index (χ4n) is 1.78. The van der Waals surface area contributed by atoms with Crippen LogP contribution in [0.1, 0.15) is 82.1 Å². The molecule has 27 heavy (non-hydrogen) atoms. The Balaban J connectivity index is 4.87. The summed E-state index contributed by atoms with van der Waals surface area (Å²) in [7, 11) is 0. The lowest BCUT2D eigenvalue weighted by atomic mass is 10.2. The highest BCUT2D eigenvalue weighted by atomic mass is 16.5. The minimum atomic E-state index is -1.15. The number of unbranched alkanes of at least 4 members (excludes halogenated alkanes) is 2. The molecule has 0 amide bonds. The number of carbonyl (C=O) groups is 1. The first-order valence-electron chi connectivity index (χ1n) is 13.5. The Morgan fingerprint density at radius 3 is 1.96 bits per heavy atom. The second-order valence-electron chi connectivity index (χ2n) is 5.77. The zero-order valence-corrected chi connectivity index (χ0v) is 16.3. The summed E-state index contributed by atoms with van der Waals surface area (Å²) in [6, 6.07) is -1.09. The summed E-state index contributed by atoms with van der Waals surface area (Å²) in [4.78, 5) is 11.5. The van der Waals surface area contributed by atoms with Crippen LogP contribution in [-0.4, -0.2) is 35.5 Å². The average molecular weight is 387 g/mol. The van der Waals surface area contributed by atoms with Crippen LogP contribution in [0.25, 0.3) is 0 Å². The quantitative estimate of drug-likeness (QED) is 0.209. The first-order valence-corrected chi connectivity index (χ1v) is 9.48. The van der Waals surface area contributed by atoms with E-state index >= 15 is 0 Å². The summed E-state index contributed by atoms with van der Waals surface area (Å²) < 4.78 is 68.4. The Labute approximate surface area is 176 Å². The highest BCUT2D eigenvalue weighted by Crippen LogP contribution is 2.02. The molecule has 2 N–H and O–H groups in total. The van der Waals surface area contributed by atoms with Crippen LogP contribution < -0.4 is 0 Å².